The molecular formula is C26H24F3N5O3. The smallest absolute Gasteiger partial charge is 0.430 e. The molecule has 2 aromatic heterocycles. The van der Waals surface area contributed by atoms with Crippen LogP contribution in [0.1, 0.15) is 27.2 Å². The second-order valence-electron chi connectivity index (χ2n) is 8.12. The Morgan fingerprint density at radius 1 is 1.03 bits per heavy atom. The number of halogens is 3. The number of aromatic nitrogens is 2. The van der Waals surface area contributed by atoms with E-state index in [0.29, 0.717) is 24.3 Å². The number of benzene rings is 2. The third-order valence-electron chi connectivity index (χ3n) is 5.38. The number of nitrogens with zero attached hydrogens (tertiary/aromatic N) is 2. The zero-order valence-corrected chi connectivity index (χ0v) is 19.8. The molecule has 0 fully saturated rings. The number of alkyl halides is 3. The van der Waals surface area contributed by atoms with E-state index in [2.05, 4.69) is 5.32 Å². The SMILES string of the molecule is C[n+]1ccc(CNC(=O)c2cc3ccccc3n2Cc2ccc(C(=N)N)cc2)cc1.O=C([O-])C(F)(F)F. The van der Waals surface area contributed by atoms with E-state index in [1.165, 1.54) is 0 Å². The number of rotatable bonds is 6. The van der Waals surface area contributed by atoms with Crippen molar-refractivity contribution in [1.82, 2.24) is 9.88 Å². The Hall–Kier alpha value is -4.67. The average Bonchev–Trinajstić information content (AvgIpc) is 3.22. The number of hydrogen-bond acceptors (Lipinski definition) is 4. The van der Waals surface area contributed by atoms with Crippen LogP contribution in [0, 0.1) is 5.41 Å². The molecule has 4 aromatic rings. The summed E-state index contributed by atoms with van der Waals surface area (Å²) >= 11 is 0. The number of carbonyl (C=O) groups excluding carboxylic acids is 2. The van der Waals surface area contributed by atoms with Crippen LogP contribution in [-0.4, -0.2) is 28.5 Å². The van der Waals surface area contributed by atoms with Crippen LogP contribution in [0.2, 0.25) is 0 Å². The number of fused-ring (bicyclic) bond motifs is 1. The van der Waals surface area contributed by atoms with E-state index in [1.807, 2.05) is 95.3 Å². The number of amidine groups is 1. The molecule has 11 heteroatoms. The molecule has 0 radical (unpaired) electrons. The van der Waals surface area contributed by atoms with Gasteiger partial charge in [0.05, 0.1) is 0 Å². The van der Waals surface area contributed by atoms with E-state index in [4.69, 9.17) is 21.0 Å². The van der Waals surface area contributed by atoms with Gasteiger partial charge in [-0.1, -0.05) is 42.5 Å². The quantitative estimate of drug-likeness (QED) is 0.208. The molecule has 0 aliphatic carbocycles. The van der Waals surface area contributed by atoms with Crippen LogP contribution in [0.3, 0.4) is 0 Å². The monoisotopic (exact) mass is 511 g/mol. The lowest BCUT2D eigenvalue weighted by Gasteiger charge is -2.12. The van der Waals surface area contributed by atoms with Crippen LogP contribution in [0.4, 0.5) is 13.2 Å². The molecule has 192 valence electrons. The lowest BCUT2D eigenvalue weighted by atomic mass is 10.1. The lowest BCUT2D eigenvalue weighted by molar-refractivity contribution is -0.671. The highest BCUT2D eigenvalue weighted by Crippen LogP contribution is 2.22. The number of nitrogens with two attached hydrogens (primary N) is 1. The van der Waals surface area contributed by atoms with Gasteiger partial charge in [-0.05, 0) is 23.3 Å². The topological polar surface area (TPSA) is 128 Å². The highest BCUT2D eigenvalue weighted by molar-refractivity contribution is 5.99. The number of hydrogen-bond donors (Lipinski definition) is 3. The molecule has 0 spiro atoms. The molecule has 0 unspecified atom stereocenters. The normalized spacial score (nSPS) is 10.9. The standard InChI is InChI=1S/C24H23N5O.C2HF3O2/c1-28-12-10-17(11-13-28)15-27-24(30)22-14-20-4-2-3-5-21(20)29(22)16-18-6-8-19(9-7-18)23(25)26;3-2(4,5)1(6)7/h2-14H,15-16H2,1H3,(H3-,25,26,27,30);(H,6,7). The first-order valence-electron chi connectivity index (χ1n) is 11.0. The molecule has 0 saturated heterocycles. The molecule has 1 amide bonds. The number of amides is 1. The Bertz CT molecular complexity index is 1410. The van der Waals surface area contributed by atoms with E-state index in [9.17, 15) is 18.0 Å². The second-order valence-corrected chi connectivity index (χ2v) is 8.12. The molecule has 0 aliphatic rings. The summed E-state index contributed by atoms with van der Waals surface area (Å²) < 4.78 is 35.5. The molecule has 4 rings (SSSR count). The number of nitrogens with one attached hydrogen (secondary N) is 2. The van der Waals surface area contributed by atoms with Gasteiger partial charge >= 0.3 is 6.18 Å². The Morgan fingerprint density at radius 3 is 2.19 bits per heavy atom. The third-order valence-corrected chi connectivity index (χ3v) is 5.38. The number of nitrogen functional groups attached to an aromatic ring is 1. The van der Waals surface area contributed by atoms with Crippen LogP contribution in [0.15, 0.2) is 79.1 Å². The van der Waals surface area contributed by atoms with E-state index < -0.39 is 12.1 Å². The Labute approximate surface area is 210 Å². The number of aryl methyl sites for hydroxylation is 1. The first-order valence-corrected chi connectivity index (χ1v) is 11.0. The van der Waals surface area contributed by atoms with Crippen molar-refractivity contribution in [1.29, 1.82) is 5.41 Å². The van der Waals surface area contributed by atoms with E-state index >= 15 is 0 Å². The van der Waals surface area contributed by atoms with E-state index in [-0.39, 0.29) is 11.7 Å². The van der Waals surface area contributed by atoms with Crippen molar-refractivity contribution in [2.75, 3.05) is 0 Å². The summed E-state index contributed by atoms with van der Waals surface area (Å²) in [6.07, 6.45) is -1.27. The highest BCUT2D eigenvalue weighted by Gasteiger charge is 2.28. The molecule has 0 bridgehead atoms. The van der Waals surface area contributed by atoms with Crippen LogP contribution in [0.5, 0.6) is 0 Å². The number of para-hydroxylation sites is 1. The number of aliphatic carboxylic acids is 1. The fourth-order valence-corrected chi connectivity index (χ4v) is 3.46. The zero-order chi connectivity index (χ0) is 27.2. The van der Waals surface area contributed by atoms with Crippen molar-refractivity contribution in [2.24, 2.45) is 12.8 Å². The summed E-state index contributed by atoms with van der Waals surface area (Å²) in [5.74, 6) is -3.07. The van der Waals surface area contributed by atoms with Crippen molar-refractivity contribution >= 4 is 28.6 Å². The van der Waals surface area contributed by atoms with Crippen LogP contribution in [0.25, 0.3) is 10.9 Å². The predicted molar refractivity (Wildman–Crippen MR) is 128 cm³/mol. The van der Waals surface area contributed by atoms with Gasteiger partial charge in [-0.3, -0.25) is 10.2 Å². The highest BCUT2D eigenvalue weighted by atomic mass is 19.4. The maximum absolute atomic E-state index is 13.0. The van der Waals surface area contributed by atoms with Gasteiger partial charge in [-0.25, -0.2) is 4.57 Å². The first-order chi connectivity index (χ1) is 17.5. The Kier molecular flexibility index (Phi) is 8.28. The number of carboxylic acids is 1. The number of pyridine rings is 1. The fraction of sp³-hybridized carbons (Fsp3) is 0.154. The summed E-state index contributed by atoms with van der Waals surface area (Å²) in [6.45, 7) is 1.02. The van der Waals surface area contributed by atoms with Gasteiger partial charge in [-0.15, -0.1) is 0 Å². The third kappa shape index (κ3) is 7.17. The molecule has 8 nitrogen and oxygen atoms in total. The summed E-state index contributed by atoms with van der Waals surface area (Å²) in [7, 11) is 1.96. The molecule has 0 atom stereocenters. The van der Waals surface area contributed by atoms with E-state index in [1.54, 1.807) is 0 Å². The molecule has 37 heavy (non-hydrogen) atoms. The molecular weight excluding hydrogens is 487 g/mol. The van der Waals surface area contributed by atoms with Crippen molar-refractivity contribution < 1.29 is 32.4 Å². The summed E-state index contributed by atoms with van der Waals surface area (Å²) in [5.41, 5.74) is 9.94. The maximum Gasteiger partial charge on any atom is 0.430 e. The van der Waals surface area contributed by atoms with Gasteiger partial charge in [0.2, 0.25) is 0 Å². The Balaban J connectivity index is 0.000000479. The van der Waals surface area contributed by atoms with Gasteiger partial charge in [0.25, 0.3) is 5.91 Å². The average molecular weight is 512 g/mol. The minimum Gasteiger partial charge on any atom is -0.542 e. The van der Waals surface area contributed by atoms with E-state index in [0.717, 1.165) is 22.0 Å². The van der Waals surface area contributed by atoms with Crippen molar-refractivity contribution in [3.8, 4) is 0 Å². The second kappa shape index (κ2) is 11.4. The van der Waals surface area contributed by atoms with Crippen molar-refractivity contribution in [3.63, 3.8) is 0 Å². The molecule has 2 heterocycles. The van der Waals surface area contributed by atoms with Crippen LogP contribution in [-0.2, 0) is 24.9 Å². The van der Waals surface area contributed by atoms with Gasteiger partial charge in [0.1, 0.15) is 24.5 Å². The van der Waals surface area contributed by atoms with Crippen molar-refractivity contribution in [3.05, 3.63) is 102 Å². The molecule has 4 N–H and O–H groups in total. The van der Waals surface area contributed by atoms with Gasteiger partial charge in [-0.2, -0.15) is 13.2 Å². The Morgan fingerprint density at radius 2 is 1.62 bits per heavy atom. The fourth-order valence-electron chi connectivity index (χ4n) is 3.46. The predicted octanol–water partition coefficient (Wildman–Crippen LogP) is 2.03. The minimum absolute atomic E-state index is 0.0440. The molecule has 0 aliphatic heterocycles. The summed E-state index contributed by atoms with van der Waals surface area (Å²) in [5, 5.41) is 20.4. The van der Waals surface area contributed by atoms with Crippen LogP contribution < -0.4 is 20.7 Å². The lowest BCUT2D eigenvalue weighted by Crippen LogP contribution is -2.37. The molecule has 0 saturated carbocycles. The van der Waals surface area contributed by atoms with Gasteiger partial charge in [0, 0.05) is 41.7 Å². The largest absolute Gasteiger partial charge is 0.542 e. The maximum atomic E-state index is 13.0. The number of carbonyl (C=O) groups is 2. The molecule has 2 aromatic carbocycles. The van der Waals surface area contributed by atoms with Crippen molar-refractivity contribution in [2.45, 2.75) is 19.3 Å². The zero-order valence-electron chi connectivity index (χ0n) is 19.8. The first kappa shape index (κ1) is 26.9. The summed E-state index contributed by atoms with van der Waals surface area (Å²) in [4.78, 5) is 21.8. The van der Waals surface area contributed by atoms with Gasteiger partial charge < -0.3 is 25.5 Å². The summed E-state index contributed by atoms with van der Waals surface area (Å²) in [6, 6.07) is 21.4. The number of carboxylic acid groups (broad SMARTS) is 1. The van der Waals surface area contributed by atoms with Gasteiger partial charge in [0.15, 0.2) is 12.4 Å². The minimum atomic E-state index is -5.19. The van der Waals surface area contributed by atoms with Crippen LogP contribution >= 0.6 is 0 Å².